The predicted molar refractivity (Wildman–Crippen MR) is 89.0 cm³/mol. The van der Waals surface area contributed by atoms with Gasteiger partial charge in [-0.15, -0.1) is 0 Å². The van der Waals surface area contributed by atoms with Crippen LogP contribution in [0.2, 0.25) is 0 Å². The minimum absolute atomic E-state index is 0.0236. The number of nitrogens with two attached hydrogens (primary N) is 1. The zero-order valence-corrected chi connectivity index (χ0v) is 13.9. The molecule has 0 fully saturated rings. The molecule has 0 aliphatic carbocycles. The van der Waals surface area contributed by atoms with E-state index in [1.54, 1.807) is 0 Å². The first-order valence-corrected chi connectivity index (χ1v) is 8.12. The number of rotatable bonds is 8. The molecule has 0 radical (unpaired) electrons. The molecule has 0 aromatic heterocycles. The molecule has 1 rings (SSSR count). The van der Waals surface area contributed by atoms with Gasteiger partial charge in [-0.1, -0.05) is 58.4 Å². The van der Waals surface area contributed by atoms with Gasteiger partial charge in [0, 0.05) is 11.6 Å². The molecule has 2 atom stereocenters. The highest BCUT2D eigenvalue weighted by atomic mass is 15.2. The van der Waals surface area contributed by atoms with Crippen LogP contribution < -0.4 is 5.73 Å². The molecule has 0 spiro atoms. The number of hydrogen-bond acceptors (Lipinski definition) is 2. The van der Waals surface area contributed by atoms with Gasteiger partial charge in [-0.05, 0) is 44.0 Å². The average molecular weight is 276 g/mol. The van der Waals surface area contributed by atoms with Crippen molar-refractivity contribution in [1.29, 1.82) is 0 Å². The molecule has 0 saturated heterocycles. The highest BCUT2D eigenvalue weighted by molar-refractivity contribution is 5.27. The molecule has 1 aromatic carbocycles. The molecule has 0 bridgehead atoms. The number of likely N-dealkylation sites (N-methyl/N-ethyl adjacent to an activating group) is 1. The van der Waals surface area contributed by atoms with Crippen molar-refractivity contribution in [3.05, 3.63) is 35.4 Å². The molecule has 2 N–H and O–H groups in total. The Kier molecular flexibility index (Phi) is 6.70. The van der Waals surface area contributed by atoms with Crippen LogP contribution >= 0.6 is 0 Å². The third-order valence-electron chi connectivity index (χ3n) is 4.75. The van der Waals surface area contributed by atoms with Crippen molar-refractivity contribution in [1.82, 2.24) is 4.90 Å². The standard InChI is InChI=1S/C18H32N2/c1-6-10-15-11-13-16(14-12-15)17(19)18(5,7-2)20(8-3)9-4/h11-14,17H,6-10,19H2,1-5H3. The third kappa shape index (κ3) is 3.62. The number of aryl methyl sites for hydroxylation is 1. The van der Waals surface area contributed by atoms with Crippen LogP contribution in [0.25, 0.3) is 0 Å². The molecule has 0 amide bonds. The van der Waals surface area contributed by atoms with E-state index in [1.807, 2.05) is 0 Å². The molecule has 0 saturated carbocycles. The molecular weight excluding hydrogens is 244 g/mol. The molecule has 0 heterocycles. The van der Waals surface area contributed by atoms with Crippen molar-refractivity contribution in [2.45, 2.75) is 65.5 Å². The summed E-state index contributed by atoms with van der Waals surface area (Å²) in [5.41, 5.74) is 9.30. The molecule has 2 unspecified atom stereocenters. The van der Waals surface area contributed by atoms with Crippen molar-refractivity contribution in [3.63, 3.8) is 0 Å². The molecule has 2 nitrogen and oxygen atoms in total. The Bertz CT molecular complexity index is 381. The first kappa shape index (κ1) is 17.2. The van der Waals surface area contributed by atoms with E-state index in [4.69, 9.17) is 5.73 Å². The van der Waals surface area contributed by atoms with E-state index in [2.05, 4.69) is 63.8 Å². The maximum atomic E-state index is 6.62. The quantitative estimate of drug-likeness (QED) is 0.773. The lowest BCUT2D eigenvalue weighted by Crippen LogP contribution is -2.52. The Morgan fingerprint density at radius 1 is 1.05 bits per heavy atom. The highest BCUT2D eigenvalue weighted by Crippen LogP contribution is 2.32. The van der Waals surface area contributed by atoms with Crippen LogP contribution in [0.1, 0.15) is 64.6 Å². The predicted octanol–water partition coefficient (Wildman–Crippen LogP) is 4.15. The lowest BCUT2D eigenvalue weighted by Gasteiger charge is -2.44. The van der Waals surface area contributed by atoms with Gasteiger partial charge < -0.3 is 5.73 Å². The van der Waals surface area contributed by atoms with Gasteiger partial charge in [0.2, 0.25) is 0 Å². The summed E-state index contributed by atoms with van der Waals surface area (Å²) in [4.78, 5) is 2.48. The van der Waals surface area contributed by atoms with E-state index in [0.29, 0.717) is 0 Å². The maximum absolute atomic E-state index is 6.62. The SMILES string of the molecule is CCCc1ccc(C(N)C(C)(CC)N(CC)CC)cc1. The fourth-order valence-corrected chi connectivity index (χ4v) is 3.13. The fourth-order valence-electron chi connectivity index (χ4n) is 3.13. The largest absolute Gasteiger partial charge is 0.322 e. The molecule has 2 heteroatoms. The summed E-state index contributed by atoms with van der Waals surface area (Å²) in [7, 11) is 0. The van der Waals surface area contributed by atoms with E-state index >= 15 is 0 Å². The Labute approximate surface area is 125 Å². The number of hydrogen-bond donors (Lipinski definition) is 1. The summed E-state index contributed by atoms with van der Waals surface area (Å²) >= 11 is 0. The van der Waals surface area contributed by atoms with E-state index in [1.165, 1.54) is 17.5 Å². The summed E-state index contributed by atoms with van der Waals surface area (Å²) in [6.45, 7) is 13.3. The van der Waals surface area contributed by atoms with E-state index in [9.17, 15) is 0 Å². The van der Waals surface area contributed by atoms with Gasteiger partial charge >= 0.3 is 0 Å². The van der Waals surface area contributed by atoms with Gasteiger partial charge in [0.1, 0.15) is 0 Å². The molecule has 0 aliphatic heterocycles. The monoisotopic (exact) mass is 276 g/mol. The van der Waals surface area contributed by atoms with Crippen LogP contribution in [0.15, 0.2) is 24.3 Å². The lowest BCUT2D eigenvalue weighted by atomic mass is 9.83. The van der Waals surface area contributed by atoms with Crippen molar-refractivity contribution >= 4 is 0 Å². The molecule has 0 aliphatic rings. The number of benzene rings is 1. The van der Waals surface area contributed by atoms with Crippen molar-refractivity contribution in [3.8, 4) is 0 Å². The Morgan fingerprint density at radius 2 is 1.60 bits per heavy atom. The first-order chi connectivity index (χ1) is 9.53. The zero-order chi connectivity index (χ0) is 15.2. The van der Waals surface area contributed by atoms with Crippen LogP contribution in [0.5, 0.6) is 0 Å². The molecule has 20 heavy (non-hydrogen) atoms. The van der Waals surface area contributed by atoms with Crippen LogP contribution in [0.4, 0.5) is 0 Å². The zero-order valence-electron chi connectivity index (χ0n) is 13.9. The van der Waals surface area contributed by atoms with Crippen LogP contribution in [0, 0.1) is 0 Å². The van der Waals surface area contributed by atoms with Gasteiger partial charge in [0.05, 0.1) is 0 Å². The molecule has 114 valence electrons. The summed E-state index contributed by atoms with van der Waals surface area (Å²) < 4.78 is 0. The summed E-state index contributed by atoms with van der Waals surface area (Å²) in [5.74, 6) is 0. The van der Waals surface area contributed by atoms with Gasteiger partial charge in [0.25, 0.3) is 0 Å². The Balaban J connectivity index is 2.97. The maximum Gasteiger partial charge on any atom is 0.0479 e. The Hall–Kier alpha value is -0.860. The summed E-state index contributed by atoms with van der Waals surface area (Å²) in [6, 6.07) is 8.96. The smallest absolute Gasteiger partial charge is 0.0479 e. The minimum atomic E-state index is 0.0236. The summed E-state index contributed by atoms with van der Waals surface area (Å²) in [5, 5.41) is 0. The molecule has 1 aromatic rings. The van der Waals surface area contributed by atoms with Gasteiger partial charge in [-0.2, -0.15) is 0 Å². The van der Waals surface area contributed by atoms with Crippen molar-refractivity contribution in [2.75, 3.05) is 13.1 Å². The fraction of sp³-hybridized carbons (Fsp3) is 0.667. The second kappa shape index (κ2) is 7.80. The van der Waals surface area contributed by atoms with Gasteiger partial charge in [0.15, 0.2) is 0 Å². The van der Waals surface area contributed by atoms with Crippen LogP contribution in [0.3, 0.4) is 0 Å². The van der Waals surface area contributed by atoms with Gasteiger partial charge in [-0.25, -0.2) is 0 Å². The summed E-state index contributed by atoms with van der Waals surface area (Å²) in [6.07, 6.45) is 3.40. The highest BCUT2D eigenvalue weighted by Gasteiger charge is 2.35. The lowest BCUT2D eigenvalue weighted by molar-refractivity contribution is 0.0844. The minimum Gasteiger partial charge on any atom is -0.322 e. The van der Waals surface area contributed by atoms with E-state index in [0.717, 1.165) is 25.9 Å². The molecular formula is C18H32N2. The van der Waals surface area contributed by atoms with E-state index in [-0.39, 0.29) is 11.6 Å². The van der Waals surface area contributed by atoms with Crippen molar-refractivity contribution < 1.29 is 0 Å². The topological polar surface area (TPSA) is 29.3 Å². The second-order valence-electron chi connectivity index (χ2n) is 5.85. The van der Waals surface area contributed by atoms with Crippen LogP contribution in [-0.2, 0) is 6.42 Å². The van der Waals surface area contributed by atoms with Crippen LogP contribution in [-0.4, -0.2) is 23.5 Å². The van der Waals surface area contributed by atoms with Gasteiger partial charge in [-0.3, -0.25) is 4.90 Å². The normalized spacial score (nSPS) is 16.1. The third-order valence-corrected chi connectivity index (χ3v) is 4.75. The number of nitrogens with zero attached hydrogens (tertiary/aromatic N) is 1. The Morgan fingerprint density at radius 3 is 2.00 bits per heavy atom. The van der Waals surface area contributed by atoms with E-state index < -0.39 is 0 Å². The van der Waals surface area contributed by atoms with Crippen molar-refractivity contribution in [2.24, 2.45) is 5.73 Å². The first-order valence-electron chi connectivity index (χ1n) is 8.12. The second-order valence-corrected chi connectivity index (χ2v) is 5.85. The average Bonchev–Trinajstić information content (AvgIpc) is 2.48.